The molecular weight excluding hydrogens is 159 g/mol. The van der Waals surface area contributed by atoms with Crippen LogP contribution in [0.1, 0.15) is 19.8 Å². The smallest absolute Gasteiger partial charge is 0.550 e. The van der Waals surface area contributed by atoms with Crippen LogP contribution in [0.25, 0.3) is 0 Å². The summed E-state index contributed by atoms with van der Waals surface area (Å²) in [6.07, 6.45) is 0.0405. The molecule has 0 aliphatic carbocycles. The Balaban J connectivity index is 0. The summed E-state index contributed by atoms with van der Waals surface area (Å²) in [6.45, 7) is 2.10. The summed E-state index contributed by atoms with van der Waals surface area (Å²) in [4.78, 5) is 20.1. The second-order valence-corrected chi connectivity index (χ2v) is 1.77. The molecule has 11 heavy (non-hydrogen) atoms. The Morgan fingerprint density at radius 3 is 2.36 bits per heavy atom. The van der Waals surface area contributed by atoms with Gasteiger partial charge in [0.05, 0.1) is 19.0 Å². The fraction of sp³-hybridized carbons (Fsp3) is 0.667. The van der Waals surface area contributed by atoms with E-state index in [1.165, 1.54) is 0 Å². The Labute approximate surface area is 87.2 Å². The maximum absolute atomic E-state index is 10.4. The monoisotopic (exact) mass is 168 g/mol. The van der Waals surface area contributed by atoms with E-state index in [0.29, 0.717) is 6.42 Å². The van der Waals surface area contributed by atoms with E-state index >= 15 is 0 Å². The molecule has 0 saturated carbocycles. The van der Waals surface area contributed by atoms with Gasteiger partial charge >= 0.3 is 35.5 Å². The number of aliphatic carboxylic acids is 1. The van der Waals surface area contributed by atoms with Crippen LogP contribution in [-0.4, -0.2) is 18.5 Å². The van der Waals surface area contributed by atoms with Gasteiger partial charge in [0.25, 0.3) is 0 Å². The quantitative estimate of drug-likeness (QED) is 0.244. The van der Waals surface area contributed by atoms with Gasteiger partial charge in [0.1, 0.15) is 0 Å². The van der Waals surface area contributed by atoms with Gasteiger partial charge in [0, 0.05) is 0 Å². The van der Waals surface area contributed by atoms with Crippen LogP contribution in [0.2, 0.25) is 0 Å². The van der Waals surface area contributed by atoms with Crippen molar-refractivity contribution in [2.75, 3.05) is 6.61 Å². The van der Waals surface area contributed by atoms with Crippen molar-refractivity contribution in [1.29, 1.82) is 0 Å². The Hall–Kier alpha value is -0.0600. The molecule has 0 heterocycles. The number of carbonyl (C=O) groups excluding carboxylic acids is 2. The predicted octanol–water partition coefficient (Wildman–Crippen LogP) is -3.92. The average molecular weight is 168 g/mol. The molecule has 0 rings (SSSR count). The van der Waals surface area contributed by atoms with Crippen molar-refractivity contribution in [3.8, 4) is 0 Å². The molecule has 0 aliphatic rings. The molecule has 0 spiro atoms. The van der Waals surface area contributed by atoms with E-state index < -0.39 is 18.4 Å². The van der Waals surface area contributed by atoms with Crippen LogP contribution >= 0.6 is 0 Å². The summed E-state index contributed by atoms with van der Waals surface area (Å²) >= 11 is 0. The molecule has 58 valence electrons. The molecule has 0 amide bonds. The second kappa shape index (κ2) is 8.04. The van der Waals surface area contributed by atoms with Gasteiger partial charge < -0.3 is 14.6 Å². The minimum Gasteiger partial charge on any atom is -0.550 e. The minimum absolute atomic E-state index is 0. The van der Waals surface area contributed by atoms with E-state index in [0.717, 1.165) is 0 Å². The predicted molar refractivity (Wildman–Crippen MR) is 30.9 cm³/mol. The number of carbonyl (C=O) groups is 2. The van der Waals surface area contributed by atoms with Crippen molar-refractivity contribution in [1.82, 2.24) is 0 Å². The van der Waals surface area contributed by atoms with E-state index in [9.17, 15) is 14.7 Å². The van der Waals surface area contributed by atoms with Gasteiger partial charge in [-0.1, -0.05) is 6.92 Å². The van der Waals surface area contributed by atoms with Crippen LogP contribution in [0.5, 0.6) is 0 Å². The third kappa shape index (κ3) is 9.94. The number of esters is 1. The molecule has 0 aromatic heterocycles. The Morgan fingerprint density at radius 2 is 2.00 bits per heavy atom. The van der Waals surface area contributed by atoms with Crippen LogP contribution in [0.4, 0.5) is 0 Å². The van der Waals surface area contributed by atoms with Crippen molar-refractivity contribution in [3.05, 3.63) is 0 Å². The van der Waals surface area contributed by atoms with E-state index in [4.69, 9.17) is 0 Å². The molecule has 4 nitrogen and oxygen atoms in total. The topological polar surface area (TPSA) is 66.4 Å². The van der Waals surface area contributed by atoms with Crippen molar-refractivity contribution in [2.45, 2.75) is 19.8 Å². The fourth-order valence-electron chi connectivity index (χ4n) is 0.385. The van der Waals surface area contributed by atoms with Crippen LogP contribution in [0.3, 0.4) is 0 Å². The number of hydrogen-bond acceptors (Lipinski definition) is 4. The molecule has 0 unspecified atom stereocenters. The van der Waals surface area contributed by atoms with Gasteiger partial charge in [-0.15, -0.1) is 0 Å². The summed E-state index contributed by atoms with van der Waals surface area (Å²) in [6, 6.07) is 0. The zero-order valence-corrected chi connectivity index (χ0v) is 8.75. The third-order valence-corrected chi connectivity index (χ3v) is 0.756. The molecule has 0 bridgehead atoms. The van der Waals surface area contributed by atoms with Gasteiger partial charge in [0.15, 0.2) is 0 Å². The summed E-state index contributed by atoms with van der Waals surface area (Å²) in [7, 11) is 0. The number of rotatable bonds is 4. The van der Waals surface area contributed by atoms with Crippen LogP contribution in [-0.2, 0) is 14.3 Å². The van der Waals surface area contributed by atoms with E-state index in [1.54, 1.807) is 0 Å². The maximum atomic E-state index is 10.4. The van der Waals surface area contributed by atoms with Gasteiger partial charge in [-0.2, -0.15) is 0 Å². The zero-order valence-electron chi connectivity index (χ0n) is 6.75. The van der Waals surface area contributed by atoms with Crippen molar-refractivity contribution in [3.63, 3.8) is 0 Å². The van der Waals surface area contributed by atoms with Crippen molar-refractivity contribution >= 4 is 11.9 Å². The molecule has 0 aromatic rings. The summed E-state index contributed by atoms with van der Waals surface area (Å²) in [5.74, 6) is -2.14. The van der Waals surface area contributed by atoms with Gasteiger partial charge in [-0.3, -0.25) is 4.79 Å². The Bertz CT molecular complexity index is 135. The number of carboxylic acid groups (broad SMARTS) is 1. The van der Waals surface area contributed by atoms with Crippen molar-refractivity contribution < 1.29 is 49.0 Å². The van der Waals surface area contributed by atoms with E-state index in [-0.39, 0.29) is 36.2 Å². The summed E-state index contributed by atoms with van der Waals surface area (Å²) < 4.78 is 4.44. The van der Waals surface area contributed by atoms with Gasteiger partial charge in [0.2, 0.25) is 0 Å². The molecule has 0 N–H and O–H groups in total. The Morgan fingerprint density at radius 1 is 1.45 bits per heavy atom. The van der Waals surface area contributed by atoms with Crippen LogP contribution in [0, 0.1) is 0 Å². The van der Waals surface area contributed by atoms with Gasteiger partial charge in [-0.25, -0.2) is 0 Å². The molecule has 0 radical (unpaired) electrons. The SMILES string of the molecule is CCCOC(=O)CC(=O)[O-].[Na+]. The normalized spacial score (nSPS) is 8.09. The fourth-order valence-corrected chi connectivity index (χ4v) is 0.385. The second-order valence-electron chi connectivity index (χ2n) is 1.77. The first-order valence-electron chi connectivity index (χ1n) is 3.02. The zero-order chi connectivity index (χ0) is 7.98. The molecule has 0 saturated heterocycles. The molecular formula is C6H9NaO4. The summed E-state index contributed by atoms with van der Waals surface area (Å²) in [5, 5.41) is 9.76. The maximum Gasteiger partial charge on any atom is 1.00 e. The first-order chi connectivity index (χ1) is 4.66. The van der Waals surface area contributed by atoms with Crippen molar-refractivity contribution in [2.24, 2.45) is 0 Å². The third-order valence-electron chi connectivity index (χ3n) is 0.756. The molecule has 0 aromatic carbocycles. The molecule has 0 atom stereocenters. The first-order valence-corrected chi connectivity index (χ1v) is 3.02. The molecule has 0 aliphatic heterocycles. The van der Waals surface area contributed by atoms with Gasteiger partial charge in [-0.05, 0) is 6.42 Å². The number of hydrogen-bond donors (Lipinski definition) is 0. The summed E-state index contributed by atoms with van der Waals surface area (Å²) in [5.41, 5.74) is 0. The van der Waals surface area contributed by atoms with Crippen LogP contribution in [0.15, 0.2) is 0 Å². The first kappa shape index (κ1) is 13.5. The standard InChI is InChI=1S/C6H10O4.Na/c1-2-3-10-6(9)4-5(7)8;/h2-4H2,1H3,(H,7,8);/q;+1/p-1. The van der Waals surface area contributed by atoms with E-state index in [2.05, 4.69) is 4.74 Å². The largest absolute Gasteiger partial charge is 1.00 e. The molecule has 0 fully saturated rings. The number of ether oxygens (including phenoxy) is 1. The van der Waals surface area contributed by atoms with Crippen LogP contribution < -0.4 is 34.7 Å². The number of carboxylic acids is 1. The molecule has 5 heteroatoms. The minimum atomic E-state index is -1.40. The van der Waals surface area contributed by atoms with E-state index in [1.807, 2.05) is 6.92 Å². The Kier molecular flexibility index (Phi) is 9.89. The average Bonchev–Trinajstić information content (AvgIpc) is 1.82.